The fourth-order valence-corrected chi connectivity index (χ4v) is 0. The molecule has 0 fully saturated rings. The SMILES string of the molecule is O=C=P(F)(F)F. The summed E-state index contributed by atoms with van der Waals surface area (Å²) in [6, 6.07) is 0. The van der Waals surface area contributed by atoms with E-state index in [2.05, 4.69) is 0 Å². The van der Waals surface area contributed by atoms with Gasteiger partial charge in [0.25, 0.3) is 0 Å². The van der Waals surface area contributed by atoms with E-state index in [0.717, 1.165) is 0 Å². The van der Waals surface area contributed by atoms with Crippen molar-refractivity contribution in [1.82, 2.24) is 0 Å². The Bertz CT molecular complexity index is 99.7. The molecule has 0 saturated heterocycles. The van der Waals surface area contributed by atoms with Crippen LogP contribution in [-0.2, 0) is 4.79 Å². The third-order valence-electron chi connectivity index (χ3n) is 0.104. The minimum atomic E-state index is -5.70. The molecule has 1 nitrogen and oxygen atoms in total. The number of hydrogen-bond donors (Lipinski definition) is 0. The predicted octanol–water partition coefficient (Wildman–Crippen LogP) is 1.72. The molecule has 0 saturated carbocycles. The van der Waals surface area contributed by atoms with Crippen molar-refractivity contribution in [2.75, 3.05) is 0 Å². The average molecular weight is 116 g/mol. The molecule has 0 aliphatic rings. The molecule has 0 amide bonds. The van der Waals surface area contributed by atoms with E-state index < -0.39 is 7.82 Å². The molecule has 0 heterocycles. The summed E-state index contributed by atoms with van der Waals surface area (Å²) in [5, 5.41) is 0. The molecule has 0 bridgehead atoms. The largest absolute Gasteiger partial charge is 0.457 e. The van der Waals surface area contributed by atoms with Gasteiger partial charge in [0.05, 0.1) is 0 Å². The summed E-state index contributed by atoms with van der Waals surface area (Å²) in [6.45, 7) is 0. The highest BCUT2D eigenvalue weighted by molar-refractivity contribution is 7.58. The van der Waals surface area contributed by atoms with Gasteiger partial charge in [-0.05, 0) is 0 Å². The van der Waals surface area contributed by atoms with Crippen LogP contribution >= 0.6 is 7.82 Å². The van der Waals surface area contributed by atoms with Crippen molar-refractivity contribution in [2.24, 2.45) is 0 Å². The minimum absolute atomic E-state index is 0.0347. The molecule has 0 atom stereocenters. The van der Waals surface area contributed by atoms with Gasteiger partial charge in [-0.15, -0.1) is 12.6 Å². The summed E-state index contributed by atoms with van der Waals surface area (Å²) in [6.07, 6.45) is 0. The molecule has 0 aliphatic heterocycles. The van der Waals surface area contributed by atoms with Crippen LogP contribution in [-0.4, -0.2) is 5.66 Å². The Morgan fingerprint density at radius 2 is 1.50 bits per heavy atom. The standard InChI is InChI=1S/CF3OP/c2-6(3,4)1-5. The quantitative estimate of drug-likeness (QED) is 0.440. The molecule has 0 rings (SSSR count). The van der Waals surface area contributed by atoms with Crippen molar-refractivity contribution in [2.45, 2.75) is 0 Å². The van der Waals surface area contributed by atoms with Gasteiger partial charge in [-0.1, -0.05) is 0 Å². The molecule has 5 heteroatoms. The van der Waals surface area contributed by atoms with Crippen molar-refractivity contribution in [3.63, 3.8) is 0 Å². The van der Waals surface area contributed by atoms with Crippen LogP contribution in [0.1, 0.15) is 0 Å². The van der Waals surface area contributed by atoms with Crippen LogP contribution in [0.5, 0.6) is 0 Å². The molecule has 6 heavy (non-hydrogen) atoms. The second-order valence-electron chi connectivity index (χ2n) is 0.536. The van der Waals surface area contributed by atoms with Crippen molar-refractivity contribution >= 4 is 13.5 Å². The molecule has 0 aromatic carbocycles. The Morgan fingerprint density at radius 1 is 1.33 bits per heavy atom. The second-order valence-corrected chi connectivity index (χ2v) is 1.61. The summed E-state index contributed by atoms with van der Waals surface area (Å²) >= 11 is 0. The van der Waals surface area contributed by atoms with Gasteiger partial charge in [-0.25, -0.2) is 4.79 Å². The molecule has 0 aliphatic carbocycles. The number of halogens is 3. The number of rotatable bonds is 0. The summed E-state index contributed by atoms with van der Waals surface area (Å²) in [7, 11) is -5.70. The van der Waals surface area contributed by atoms with E-state index in [9.17, 15) is 12.6 Å². The Morgan fingerprint density at radius 3 is 1.50 bits per heavy atom. The maximum Gasteiger partial charge on any atom is 0.457 e. The first kappa shape index (κ1) is 5.80. The van der Waals surface area contributed by atoms with Gasteiger partial charge in [-0.2, -0.15) is 0 Å². The van der Waals surface area contributed by atoms with Crippen molar-refractivity contribution in [1.29, 1.82) is 0 Å². The predicted molar refractivity (Wildman–Crippen MR) is 15.9 cm³/mol. The van der Waals surface area contributed by atoms with Crippen LogP contribution in [0.4, 0.5) is 12.6 Å². The highest BCUT2D eigenvalue weighted by atomic mass is 31.2. The van der Waals surface area contributed by atoms with Crippen molar-refractivity contribution in [3.05, 3.63) is 0 Å². The number of carbonyl (C=O) groups excluding carboxylic acids is 1. The third-order valence-corrected chi connectivity index (χ3v) is 0.311. The monoisotopic (exact) mass is 116 g/mol. The first-order valence-corrected chi connectivity index (χ1v) is 2.40. The van der Waals surface area contributed by atoms with Crippen LogP contribution in [0, 0.1) is 0 Å². The molecule has 0 radical (unpaired) electrons. The van der Waals surface area contributed by atoms with Gasteiger partial charge in [0, 0.05) is 0 Å². The molecule has 0 N–H and O–H groups in total. The Hall–Kier alpha value is -0.200. The van der Waals surface area contributed by atoms with Gasteiger partial charge in [0.1, 0.15) is 0 Å². The van der Waals surface area contributed by atoms with Crippen LogP contribution in [0.15, 0.2) is 0 Å². The van der Waals surface area contributed by atoms with E-state index in [-0.39, 0.29) is 5.66 Å². The van der Waals surface area contributed by atoms with E-state index in [1.165, 1.54) is 0 Å². The summed E-state index contributed by atoms with van der Waals surface area (Å²) in [5.41, 5.74) is -0.0347. The van der Waals surface area contributed by atoms with Gasteiger partial charge in [0.15, 0.2) is 0 Å². The van der Waals surface area contributed by atoms with Crippen LogP contribution < -0.4 is 0 Å². The molecular weight excluding hydrogens is 116 g/mol. The van der Waals surface area contributed by atoms with Gasteiger partial charge < -0.3 is 0 Å². The first-order valence-electron chi connectivity index (χ1n) is 0.935. The zero-order chi connectivity index (χ0) is 5.21. The summed E-state index contributed by atoms with van der Waals surface area (Å²) in [4.78, 5) is 8.63. The molecular formula is CF3OP. The van der Waals surface area contributed by atoms with Gasteiger partial charge in [-0.3, -0.25) is 0 Å². The van der Waals surface area contributed by atoms with Crippen LogP contribution in [0.3, 0.4) is 0 Å². The van der Waals surface area contributed by atoms with E-state index in [1.54, 1.807) is 0 Å². The number of hydrogen-bond acceptors (Lipinski definition) is 1. The fraction of sp³-hybridized carbons (Fsp3) is 0. The lowest BCUT2D eigenvalue weighted by atomic mass is 11.9. The molecule has 0 spiro atoms. The van der Waals surface area contributed by atoms with E-state index in [0.29, 0.717) is 0 Å². The van der Waals surface area contributed by atoms with E-state index in [1.807, 2.05) is 0 Å². The lowest BCUT2D eigenvalue weighted by Gasteiger charge is -1.74. The van der Waals surface area contributed by atoms with E-state index >= 15 is 0 Å². The van der Waals surface area contributed by atoms with Crippen LogP contribution in [0.2, 0.25) is 0 Å². The lowest BCUT2D eigenvalue weighted by molar-refractivity contribution is 0.558. The molecule has 0 unspecified atom stereocenters. The fourth-order valence-electron chi connectivity index (χ4n) is 0. The smallest absolute Gasteiger partial charge is 0.226 e. The van der Waals surface area contributed by atoms with E-state index in [4.69, 9.17) is 4.79 Å². The Labute approximate surface area is 32.1 Å². The van der Waals surface area contributed by atoms with Crippen molar-refractivity contribution < 1.29 is 17.4 Å². The lowest BCUT2D eigenvalue weighted by Crippen LogP contribution is -1.42. The summed E-state index contributed by atoms with van der Waals surface area (Å²) in [5.74, 6) is 0. The maximum absolute atomic E-state index is 10.5. The average Bonchev–Trinajstić information content (AvgIpc) is 1.35. The third kappa shape index (κ3) is 3.80. The van der Waals surface area contributed by atoms with Crippen molar-refractivity contribution in [3.8, 4) is 0 Å². The normalized spacial score (nSPS) is 10.5. The van der Waals surface area contributed by atoms with Gasteiger partial charge >= 0.3 is 7.82 Å². The minimum Gasteiger partial charge on any atom is -0.226 e. The van der Waals surface area contributed by atoms with Crippen LogP contribution in [0.25, 0.3) is 0 Å². The maximum atomic E-state index is 10.5. The first-order chi connectivity index (χ1) is 2.56. The molecule has 36 valence electrons. The zero-order valence-corrected chi connectivity index (χ0v) is 3.38. The second kappa shape index (κ2) is 1.50. The topological polar surface area (TPSA) is 17.1 Å². The highest BCUT2D eigenvalue weighted by Crippen LogP contribution is 2.50. The molecule has 0 aromatic rings. The Balaban J connectivity index is 4.21. The van der Waals surface area contributed by atoms with Gasteiger partial charge in [0.2, 0.25) is 5.66 Å². The summed E-state index contributed by atoms with van der Waals surface area (Å²) < 4.78 is 31.4. The highest BCUT2D eigenvalue weighted by Gasteiger charge is 2.10. The Kier molecular flexibility index (Phi) is 1.45. The zero-order valence-electron chi connectivity index (χ0n) is 2.49. The molecule has 0 aromatic heterocycles.